The normalized spacial score (nSPS) is 16.2. The van der Waals surface area contributed by atoms with E-state index in [9.17, 15) is 4.39 Å². The molecule has 2 heteroatoms. The lowest BCUT2D eigenvalue weighted by atomic mass is 9.83. The van der Waals surface area contributed by atoms with Gasteiger partial charge in [0.2, 0.25) is 5.69 Å². The average Bonchev–Trinajstić information content (AvgIpc) is 2.57. The van der Waals surface area contributed by atoms with Crippen LogP contribution in [0.4, 0.5) is 4.39 Å². The topological polar surface area (TPSA) is 3.88 Å². The van der Waals surface area contributed by atoms with Gasteiger partial charge in [0.25, 0.3) is 0 Å². The van der Waals surface area contributed by atoms with E-state index in [1.807, 2.05) is 13.2 Å². The summed E-state index contributed by atoms with van der Waals surface area (Å²) in [5.74, 6) is 0.345. The lowest BCUT2D eigenvalue weighted by Crippen LogP contribution is -2.33. The van der Waals surface area contributed by atoms with E-state index >= 15 is 0 Å². The van der Waals surface area contributed by atoms with E-state index in [2.05, 4.69) is 50.5 Å². The van der Waals surface area contributed by atoms with Crippen LogP contribution >= 0.6 is 0 Å². The van der Waals surface area contributed by atoms with Crippen molar-refractivity contribution in [1.82, 2.24) is 0 Å². The van der Waals surface area contributed by atoms with Gasteiger partial charge in [-0.05, 0) is 48.3 Å². The Bertz CT molecular complexity index is 764. The van der Waals surface area contributed by atoms with Crippen LogP contribution < -0.4 is 4.57 Å². The van der Waals surface area contributed by atoms with Gasteiger partial charge >= 0.3 is 0 Å². The van der Waals surface area contributed by atoms with Crippen LogP contribution in [-0.2, 0) is 12.5 Å². The molecule has 1 heterocycles. The summed E-state index contributed by atoms with van der Waals surface area (Å²) in [6.45, 7) is 8.79. The maximum Gasteiger partial charge on any atom is 0.215 e. The molecule has 1 saturated carbocycles. The van der Waals surface area contributed by atoms with Crippen LogP contribution in [-0.4, -0.2) is 0 Å². The first-order valence-corrected chi connectivity index (χ1v) is 9.58. The average molecular weight is 341 g/mol. The summed E-state index contributed by atoms with van der Waals surface area (Å²) in [5, 5.41) is 0. The summed E-state index contributed by atoms with van der Waals surface area (Å²) in [4.78, 5) is 0. The fourth-order valence-electron chi connectivity index (χ4n) is 4.04. The Morgan fingerprint density at radius 2 is 1.72 bits per heavy atom. The second-order valence-electron chi connectivity index (χ2n) is 8.69. The van der Waals surface area contributed by atoms with Gasteiger partial charge in [-0.1, -0.05) is 52.2 Å². The van der Waals surface area contributed by atoms with E-state index in [1.54, 1.807) is 6.07 Å². The van der Waals surface area contributed by atoms with Gasteiger partial charge < -0.3 is 0 Å². The van der Waals surface area contributed by atoms with E-state index < -0.39 is 0 Å². The summed E-state index contributed by atoms with van der Waals surface area (Å²) in [5.41, 5.74) is 5.61. The third-order valence-corrected chi connectivity index (χ3v) is 5.67. The van der Waals surface area contributed by atoms with E-state index in [0.29, 0.717) is 5.92 Å². The number of benzene rings is 1. The van der Waals surface area contributed by atoms with Crippen LogP contribution in [0.5, 0.6) is 0 Å². The van der Waals surface area contributed by atoms with Crippen LogP contribution in [0, 0.1) is 12.7 Å². The molecule has 1 aromatic carbocycles. The molecule has 0 saturated heterocycles. The maximum atomic E-state index is 14.9. The lowest BCUT2D eigenvalue weighted by Gasteiger charge is -2.22. The van der Waals surface area contributed by atoms with Gasteiger partial charge in [0.1, 0.15) is 12.9 Å². The van der Waals surface area contributed by atoms with Gasteiger partial charge in [0.15, 0.2) is 6.20 Å². The van der Waals surface area contributed by atoms with E-state index in [1.165, 1.54) is 30.4 Å². The quantitative estimate of drug-likeness (QED) is 0.593. The molecule has 1 aromatic heterocycles. The van der Waals surface area contributed by atoms with E-state index in [-0.39, 0.29) is 11.2 Å². The highest BCUT2D eigenvalue weighted by atomic mass is 19.1. The molecule has 25 heavy (non-hydrogen) atoms. The molecule has 134 valence electrons. The molecule has 1 fully saturated rings. The van der Waals surface area contributed by atoms with Gasteiger partial charge in [-0.15, -0.1) is 0 Å². The molecule has 1 nitrogen and oxygen atoms in total. The molecule has 0 radical (unpaired) electrons. The van der Waals surface area contributed by atoms with Gasteiger partial charge in [-0.2, -0.15) is 0 Å². The minimum Gasteiger partial charge on any atom is -0.206 e. The fourth-order valence-corrected chi connectivity index (χ4v) is 4.04. The molecule has 3 rings (SSSR count). The second-order valence-corrected chi connectivity index (χ2v) is 8.69. The fraction of sp³-hybridized carbons (Fsp3) is 0.522. The lowest BCUT2D eigenvalue weighted by molar-refractivity contribution is -0.661. The van der Waals surface area contributed by atoms with Crippen molar-refractivity contribution >= 4 is 0 Å². The number of halogens is 1. The number of nitrogens with zero attached hydrogens (tertiary/aromatic N) is 1. The van der Waals surface area contributed by atoms with Crippen LogP contribution in [0.15, 0.2) is 30.5 Å². The molecule has 0 aliphatic heterocycles. The number of hydrogen-bond donors (Lipinski definition) is 0. The van der Waals surface area contributed by atoms with Crippen molar-refractivity contribution in [3.63, 3.8) is 0 Å². The molecule has 1 aliphatic carbocycles. The van der Waals surface area contributed by atoms with Crippen molar-refractivity contribution in [2.45, 2.75) is 71.1 Å². The number of aryl methyl sites for hydroxylation is 2. The zero-order valence-corrected chi connectivity index (χ0v) is 16.3. The van der Waals surface area contributed by atoms with Crippen LogP contribution in [0.25, 0.3) is 11.3 Å². The molecular weight excluding hydrogens is 309 g/mol. The van der Waals surface area contributed by atoms with E-state index in [4.69, 9.17) is 0 Å². The molecule has 0 N–H and O–H groups in total. The molecule has 0 bridgehead atoms. The first kappa shape index (κ1) is 18.1. The molecular formula is C23H31FN+. The first-order chi connectivity index (χ1) is 11.8. The summed E-state index contributed by atoms with van der Waals surface area (Å²) in [7, 11) is 2.04. The first-order valence-electron chi connectivity index (χ1n) is 9.58. The van der Waals surface area contributed by atoms with Gasteiger partial charge in [-0.3, -0.25) is 0 Å². The van der Waals surface area contributed by atoms with Crippen molar-refractivity contribution in [1.29, 1.82) is 0 Å². The summed E-state index contributed by atoms with van der Waals surface area (Å²) in [6, 6.07) is 8.30. The third kappa shape index (κ3) is 3.78. The number of rotatable bonds is 2. The number of pyridine rings is 1. The highest BCUT2D eigenvalue weighted by Crippen LogP contribution is 2.35. The summed E-state index contributed by atoms with van der Waals surface area (Å²) in [6.07, 6.45) is 8.01. The Morgan fingerprint density at radius 1 is 1.04 bits per heavy atom. The van der Waals surface area contributed by atoms with Crippen LogP contribution in [0.2, 0.25) is 0 Å². The van der Waals surface area contributed by atoms with Crippen molar-refractivity contribution in [3.05, 3.63) is 53.0 Å². The SMILES string of the molecule is Cc1cc(C(C)(C)C)ccc1-c1cc(F)c(C2CCCCC2)c[n+]1C. The van der Waals surface area contributed by atoms with Crippen molar-refractivity contribution in [2.75, 3.05) is 0 Å². The predicted octanol–water partition coefficient (Wildman–Crippen LogP) is 5.97. The van der Waals surface area contributed by atoms with Crippen molar-refractivity contribution in [3.8, 4) is 11.3 Å². The Hall–Kier alpha value is -1.70. The van der Waals surface area contributed by atoms with E-state index in [0.717, 1.165) is 29.7 Å². The Labute approximate surface area is 151 Å². The van der Waals surface area contributed by atoms with Crippen LogP contribution in [0.3, 0.4) is 0 Å². The highest BCUT2D eigenvalue weighted by molar-refractivity contribution is 5.62. The Kier molecular flexibility index (Phi) is 4.99. The maximum absolute atomic E-state index is 14.9. The molecule has 0 spiro atoms. The molecule has 2 aromatic rings. The summed E-state index contributed by atoms with van der Waals surface area (Å²) >= 11 is 0. The van der Waals surface area contributed by atoms with Crippen LogP contribution in [0.1, 0.15) is 75.5 Å². The minimum atomic E-state index is -0.0423. The van der Waals surface area contributed by atoms with Gasteiger partial charge in [0, 0.05) is 11.6 Å². The second kappa shape index (κ2) is 6.90. The molecule has 0 amide bonds. The molecule has 0 atom stereocenters. The van der Waals surface area contributed by atoms with Gasteiger partial charge in [0.05, 0.1) is 5.56 Å². The highest BCUT2D eigenvalue weighted by Gasteiger charge is 2.25. The number of hydrogen-bond acceptors (Lipinski definition) is 0. The molecule has 0 unspecified atom stereocenters. The van der Waals surface area contributed by atoms with Crippen molar-refractivity contribution in [2.24, 2.45) is 7.05 Å². The monoisotopic (exact) mass is 340 g/mol. The smallest absolute Gasteiger partial charge is 0.206 e. The van der Waals surface area contributed by atoms with Crippen molar-refractivity contribution < 1.29 is 8.96 Å². The largest absolute Gasteiger partial charge is 0.215 e. The molecule has 1 aliphatic rings. The Morgan fingerprint density at radius 3 is 2.32 bits per heavy atom. The third-order valence-electron chi connectivity index (χ3n) is 5.67. The summed E-state index contributed by atoms with van der Waals surface area (Å²) < 4.78 is 17.0. The zero-order valence-electron chi connectivity index (χ0n) is 16.3. The number of aromatic nitrogens is 1. The van der Waals surface area contributed by atoms with Gasteiger partial charge in [-0.25, -0.2) is 8.96 Å². The standard InChI is InChI=1S/C23H31FN/c1-16-13-18(23(2,3)4)11-12-19(16)22-14-21(24)20(15-25(22)5)17-9-7-6-8-10-17/h11-15,17H,6-10H2,1-5H3/q+1. The predicted molar refractivity (Wildman–Crippen MR) is 102 cm³/mol. The minimum absolute atomic E-state index is 0.0423. The zero-order chi connectivity index (χ0) is 18.2. The Balaban J connectivity index is 1.99.